The monoisotopic (exact) mass is 265 g/mol. The molecule has 0 spiro atoms. The van der Waals surface area contributed by atoms with Crippen molar-refractivity contribution < 1.29 is 14.7 Å². The zero-order chi connectivity index (χ0) is 14.0. The minimum absolute atomic E-state index is 0.205. The molecule has 0 aliphatic heterocycles. The van der Waals surface area contributed by atoms with Gasteiger partial charge in [-0.15, -0.1) is 0 Å². The van der Waals surface area contributed by atoms with Gasteiger partial charge < -0.3 is 10.4 Å². The van der Waals surface area contributed by atoms with E-state index in [4.69, 9.17) is 0 Å². The molecule has 0 aromatic carbocycles. The van der Waals surface area contributed by atoms with Crippen LogP contribution in [0.4, 0.5) is 5.69 Å². The maximum absolute atomic E-state index is 12.2. The van der Waals surface area contributed by atoms with Gasteiger partial charge in [-0.25, -0.2) is 0 Å². The van der Waals surface area contributed by atoms with Gasteiger partial charge in [-0.2, -0.15) is 5.10 Å². The van der Waals surface area contributed by atoms with Crippen LogP contribution < -0.4 is 5.32 Å². The van der Waals surface area contributed by atoms with Crippen LogP contribution >= 0.6 is 0 Å². The summed E-state index contributed by atoms with van der Waals surface area (Å²) in [5, 5.41) is 16.1. The van der Waals surface area contributed by atoms with Crippen molar-refractivity contribution in [3.05, 3.63) is 11.9 Å². The highest BCUT2D eigenvalue weighted by Gasteiger charge is 2.35. The summed E-state index contributed by atoms with van der Waals surface area (Å²) >= 11 is 0. The van der Waals surface area contributed by atoms with Gasteiger partial charge in [0.1, 0.15) is 0 Å². The second-order valence-electron chi connectivity index (χ2n) is 5.13. The third kappa shape index (κ3) is 2.94. The number of carboxylic acids is 1. The van der Waals surface area contributed by atoms with Gasteiger partial charge >= 0.3 is 5.97 Å². The molecule has 1 aromatic heterocycles. The lowest BCUT2D eigenvalue weighted by Crippen LogP contribution is -2.36. The van der Waals surface area contributed by atoms with E-state index >= 15 is 0 Å². The quantitative estimate of drug-likeness (QED) is 0.868. The van der Waals surface area contributed by atoms with Gasteiger partial charge in [-0.1, -0.05) is 12.8 Å². The highest BCUT2D eigenvalue weighted by atomic mass is 16.4. The molecule has 1 aliphatic carbocycles. The van der Waals surface area contributed by atoms with Gasteiger partial charge in [0, 0.05) is 13.2 Å². The molecule has 2 N–H and O–H groups in total. The standard InChI is InChI=1S/C13H19N3O3/c1-8-11(7-16(2)15-8)14-12(17)9-5-3-4-6-10(9)13(18)19/h7,9-10H,3-6H2,1-2H3,(H,14,17)(H,18,19)/t9-,10-/m0/s1. The first kappa shape index (κ1) is 13.6. The first-order valence-electron chi connectivity index (χ1n) is 6.53. The predicted molar refractivity (Wildman–Crippen MR) is 69.7 cm³/mol. The normalized spacial score (nSPS) is 23.1. The number of aryl methyl sites for hydroxylation is 2. The van der Waals surface area contributed by atoms with Crippen molar-refractivity contribution in [2.45, 2.75) is 32.6 Å². The maximum Gasteiger partial charge on any atom is 0.307 e. The molecule has 19 heavy (non-hydrogen) atoms. The molecule has 0 saturated heterocycles. The number of hydrogen-bond acceptors (Lipinski definition) is 3. The number of nitrogens with zero attached hydrogens (tertiary/aromatic N) is 2. The number of anilines is 1. The Morgan fingerprint density at radius 3 is 2.53 bits per heavy atom. The van der Waals surface area contributed by atoms with Crippen LogP contribution in [0.3, 0.4) is 0 Å². The van der Waals surface area contributed by atoms with Crippen LogP contribution in [0.15, 0.2) is 6.20 Å². The molecule has 2 atom stereocenters. The second kappa shape index (κ2) is 5.42. The first-order valence-corrected chi connectivity index (χ1v) is 6.53. The SMILES string of the molecule is Cc1nn(C)cc1NC(=O)[C@H]1CCCC[C@@H]1C(=O)O. The van der Waals surface area contributed by atoms with Gasteiger partial charge in [0.25, 0.3) is 0 Å². The Morgan fingerprint density at radius 1 is 1.37 bits per heavy atom. The van der Waals surface area contributed by atoms with E-state index in [1.165, 1.54) is 0 Å². The first-order chi connectivity index (χ1) is 8.99. The number of aromatic nitrogens is 2. The van der Waals surface area contributed by atoms with Crippen LogP contribution in [0.1, 0.15) is 31.4 Å². The van der Waals surface area contributed by atoms with E-state index in [0.29, 0.717) is 18.5 Å². The third-order valence-electron chi connectivity index (χ3n) is 3.69. The Hall–Kier alpha value is -1.85. The second-order valence-corrected chi connectivity index (χ2v) is 5.13. The van der Waals surface area contributed by atoms with Crippen LogP contribution in [0.25, 0.3) is 0 Å². The summed E-state index contributed by atoms with van der Waals surface area (Å²) in [4.78, 5) is 23.4. The Labute approximate surface area is 111 Å². The Balaban J connectivity index is 2.09. The fraction of sp³-hybridized carbons (Fsp3) is 0.615. The van der Waals surface area contributed by atoms with Gasteiger partial charge in [-0.05, 0) is 19.8 Å². The van der Waals surface area contributed by atoms with Crippen molar-refractivity contribution in [2.75, 3.05) is 5.32 Å². The number of carboxylic acid groups (broad SMARTS) is 1. The van der Waals surface area contributed by atoms with Crippen LogP contribution in [0, 0.1) is 18.8 Å². The van der Waals surface area contributed by atoms with Crippen molar-refractivity contribution in [2.24, 2.45) is 18.9 Å². The fourth-order valence-electron chi connectivity index (χ4n) is 2.69. The Bertz CT molecular complexity index is 495. The molecule has 0 unspecified atom stereocenters. The number of carbonyl (C=O) groups is 2. The van der Waals surface area contributed by atoms with Crippen molar-refractivity contribution in [1.29, 1.82) is 0 Å². The minimum atomic E-state index is -0.872. The van der Waals surface area contributed by atoms with Crippen molar-refractivity contribution >= 4 is 17.6 Å². The highest BCUT2D eigenvalue weighted by Crippen LogP contribution is 2.31. The average molecular weight is 265 g/mol. The lowest BCUT2D eigenvalue weighted by Gasteiger charge is -2.27. The van der Waals surface area contributed by atoms with E-state index < -0.39 is 17.8 Å². The molecule has 1 aliphatic rings. The molecule has 1 saturated carbocycles. The van der Waals surface area contributed by atoms with E-state index in [1.54, 1.807) is 17.9 Å². The summed E-state index contributed by atoms with van der Waals surface area (Å²) < 4.78 is 1.63. The zero-order valence-electron chi connectivity index (χ0n) is 11.2. The largest absolute Gasteiger partial charge is 0.481 e. The van der Waals surface area contributed by atoms with E-state index in [9.17, 15) is 14.7 Å². The summed E-state index contributed by atoms with van der Waals surface area (Å²) in [6.07, 6.45) is 4.74. The third-order valence-corrected chi connectivity index (χ3v) is 3.69. The van der Waals surface area contributed by atoms with E-state index in [2.05, 4.69) is 10.4 Å². The maximum atomic E-state index is 12.2. The molecule has 0 radical (unpaired) electrons. The van der Waals surface area contributed by atoms with E-state index in [1.807, 2.05) is 6.92 Å². The minimum Gasteiger partial charge on any atom is -0.481 e. The van der Waals surface area contributed by atoms with Gasteiger partial charge in [0.05, 0.1) is 23.2 Å². The summed E-state index contributed by atoms with van der Waals surface area (Å²) in [5.74, 6) is -2.08. The Kier molecular flexibility index (Phi) is 3.87. The summed E-state index contributed by atoms with van der Waals surface area (Å²) in [6.45, 7) is 1.81. The molecule has 1 fully saturated rings. The van der Waals surface area contributed by atoms with E-state index in [0.717, 1.165) is 18.5 Å². The molecular formula is C13H19N3O3. The smallest absolute Gasteiger partial charge is 0.307 e. The van der Waals surface area contributed by atoms with Crippen LogP contribution in [-0.4, -0.2) is 26.8 Å². The van der Waals surface area contributed by atoms with Gasteiger partial charge in [0.2, 0.25) is 5.91 Å². The van der Waals surface area contributed by atoms with Crippen LogP contribution in [0.2, 0.25) is 0 Å². The van der Waals surface area contributed by atoms with Gasteiger partial charge in [-0.3, -0.25) is 14.3 Å². The summed E-state index contributed by atoms with van der Waals surface area (Å²) in [7, 11) is 1.78. The van der Waals surface area contributed by atoms with Crippen molar-refractivity contribution in [3.8, 4) is 0 Å². The van der Waals surface area contributed by atoms with Crippen LogP contribution in [0.5, 0.6) is 0 Å². The molecular weight excluding hydrogens is 246 g/mol. The molecule has 2 rings (SSSR count). The average Bonchev–Trinajstić information content (AvgIpc) is 2.67. The van der Waals surface area contributed by atoms with Crippen molar-refractivity contribution in [1.82, 2.24) is 9.78 Å². The number of aliphatic carboxylic acids is 1. The summed E-state index contributed by atoms with van der Waals surface area (Å²) in [6, 6.07) is 0. The number of hydrogen-bond donors (Lipinski definition) is 2. The van der Waals surface area contributed by atoms with E-state index in [-0.39, 0.29) is 5.91 Å². The number of rotatable bonds is 3. The Morgan fingerprint density at radius 2 is 2.00 bits per heavy atom. The highest BCUT2D eigenvalue weighted by molar-refractivity contribution is 5.95. The number of amides is 1. The topological polar surface area (TPSA) is 84.2 Å². The zero-order valence-corrected chi connectivity index (χ0v) is 11.2. The fourth-order valence-corrected chi connectivity index (χ4v) is 2.69. The number of nitrogens with one attached hydrogen (secondary N) is 1. The number of carbonyl (C=O) groups excluding carboxylic acids is 1. The summed E-state index contributed by atoms with van der Waals surface area (Å²) in [5.41, 5.74) is 1.39. The molecule has 1 aromatic rings. The molecule has 6 nitrogen and oxygen atoms in total. The molecule has 104 valence electrons. The van der Waals surface area contributed by atoms with Crippen LogP contribution in [-0.2, 0) is 16.6 Å². The molecule has 6 heteroatoms. The lowest BCUT2D eigenvalue weighted by molar-refractivity contribution is -0.147. The lowest BCUT2D eigenvalue weighted by atomic mass is 9.78. The van der Waals surface area contributed by atoms with Gasteiger partial charge in [0.15, 0.2) is 0 Å². The molecule has 1 amide bonds. The predicted octanol–water partition coefficient (Wildman–Crippen LogP) is 1.56. The molecule has 1 heterocycles. The van der Waals surface area contributed by atoms with Crippen molar-refractivity contribution in [3.63, 3.8) is 0 Å². The molecule has 0 bridgehead atoms.